The second kappa shape index (κ2) is 9.11. The van der Waals surface area contributed by atoms with E-state index in [4.69, 9.17) is 9.47 Å². The topological polar surface area (TPSA) is 128 Å². The predicted molar refractivity (Wildman–Crippen MR) is 132 cm³/mol. The van der Waals surface area contributed by atoms with E-state index in [-0.39, 0.29) is 19.1 Å². The number of benzene rings is 1. The average molecular weight is 495 g/mol. The molecule has 0 aliphatic carbocycles. The molecule has 1 saturated heterocycles. The number of carboxylic acid groups (broad SMARTS) is 1. The summed E-state index contributed by atoms with van der Waals surface area (Å²) in [5, 5.41) is 21.1. The molecule has 1 aromatic carbocycles. The third-order valence-electron chi connectivity index (χ3n) is 6.97. The van der Waals surface area contributed by atoms with E-state index in [1.807, 2.05) is 12.1 Å². The molecule has 1 atom stereocenters. The molecule has 2 aromatic heterocycles. The smallest absolute Gasteiger partial charge is 0.407 e. The molecule has 0 bridgehead atoms. The molecule has 10 heteroatoms. The van der Waals surface area contributed by atoms with Crippen molar-refractivity contribution in [3.8, 4) is 16.9 Å². The maximum Gasteiger partial charge on any atom is 0.407 e. The van der Waals surface area contributed by atoms with Crippen molar-refractivity contribution >= 4 is 23.0 Å². The second-order valence-corrected chi connectivity index (χ2v) is 9.78. The number of rotatable bonds is 4. The van der Waals surface area contributed by atoms with Crippen LogP contribution in [-0.2, 0) is 22.5 Å². The number of carbonyl (C=O) groups excluding carboxylic acids is 1. The summed E-state index contributed by atoms with van der Waals surface area (Å²) >= 11 is 0. The first kappa shape index (κ1) is 24.1. The lowest BCUT2D eigenvalue weighted by atomic mass is 9.86. The second-order valence-electron chi connectivity index (χ2n) is 9.78. The molecule has 1 fully saturated rings. The Morgan fingerprint density at radius 2 is 2.03 bits per heavy atom. The van der Waals surface area contributed by atoms with Crippen LogP contribution in [0.4, 0.5) is 4.79 Å². The van der Waals surface area contributed by atoms with Crippen LogP contribution < -0.4 is 4.74 Å². The van der Waals surface area contributed by atoms with Gasteiger partial charge in [0.1, 0.15) is 17.0 Å². The highest BCUT2D eigenvalue weighted by Crippen LogP contribution is 2.37. The Kier molecular flexibility index (Phi) is 6.09. The minimum absolute atomic E-state index is 0.227. The summed E-state index contributed by atoms with van der Waals surface area (Å²) in [5.74, 6) is 0.336. The first-order valence-electron chi connectivity index (χ1n) is 11.9. The van der Waals surface area contributed by atoms with Crippen molar-refractivity contribution in [1.82, 2.24) is 19.8 Å². The molecule has 2 aliphatic heterocycles. The molecule has 36 heavy (non-hydrogen) atoms. The normalized spacial score (nSPS) is 18.3. The lowest BCUT2D eigenvalue weighted by Gasteiger charge is -2.39. The monoisotopic (exact) mass is 494 g/mol. The van der Waals surface area contributed by atoms with Crippen molar-refractivity contribution < 1.29 is 29.3 Å². The van der Waals surface area contributed by atoms with Gasteiger partial charge in [-0.1, -0.05) is 6.07 Å². The highest BCUT2D eigenvalue weighted by molar-refractivity contribution is 5.87. The van der Waals surface area contributed by atoms with E-state index in [0.717, 1.165) is 33.2 Å². The van der Waals surface area contributed by atoms with E-state index in [9.17, 15) is 19.8 Å². The fourth-order valence-electron chi connectivity index (χ4n) is 5.12. The summed E-state index contributed by atoms with van der Waals surface area (Å²) in [4.78, 5) is 35.6. The Labute approximate surface area is 208 Å². The number of methoxy groups -OCH3 is 1. The lowest BCUT2D eigenvalue weighted by Crippen LogP contribution is -2.48. The Morgan fingerprint density at radius 3 is 2.75 bits per heavy atom. The third kappa shape index (κ3) is 4.27. The molecule has 4 heterocycles. The number of morpholine rings is 1. The van der Waals surface area contributed by atoms with Crippen LogP contribution >= 0.6 is 0 Å². The zero-order valence-corrected chi connectivity index (χ0v) is 20.6. The number of ether oxygens (including phenoxy) is 2. The highest BCUT2D eigenvalue weighted by atomic mass is 16.5. The highest BCUT2D eigenvalue weighted by Gasteiger charge is 2.36. The van der Waals surface area contributed by atoms with Gasteiger partial charge in [0.05, 0.1) is 31.8 Å². The number of fused-ring (bicyclic) bond motifs is 2. The largest absolute Gasteiger partial charge is 0.494 e. The maximum absolute atomic E-state index is 12.9. The fourth-order valence-corrected chi connectivity index (χ4v) is 5.12. The van der Waals surface area contributed by atoms with Crippen LogP contribution in [0.25, 0.3) is 22.2 Å². The Bertz CT molecular complexity index is 1330. The van der Waals surface area contributed by atoms with Crippen molar-refractivity contribution in [3.05, 3.63) is 47.3 Å². The van der Waals surface area contributed by atoms with E-state index in [1.54, 1.807) is 24.4 Å². The van der Waals surface area contributed by atoms with Gasteiger partial charge in [-0.05, 0) is 54.7 Å². The number of amides is 2. The van der Waals surface area contributed by atoms with Gasteiger partial charge in [-0.15, -0.1) is 0 Å². The average Bonchev–Trinajstić information content (AvgIpc) is 3.29. The van der Waals surface area contributed by atoms with Crippen molar-refractivity contribution in [1.29, 1.82) is 0 Å². The number of aromatic nitrogens is 2. The predicted octanol–water partition coefficient (Wildman–Crippen LogP) is 2.95. The van der Waals surface area contributed by atoms with E-state index < -0.39 is 17.7 Å². The van der Waals surface area contributed by atoms with Crippen LogP contribution in [0.2, 0.25) is 0 Å². The minimum atomic E-state index is -1.49. The standard InChI is InChI=1S/C26H30N4O6/c1-26(2,34)24(31)29-5-4-15-8-16(17-10-19-22(35-3)12-28-23(19)27-11-17)9-18(20(15)13-29)21-14-36-7-6-30(21)25(32)33/h8-12,21,34H,4-7,13-14H2,1-3H3,(H,27,28)(H,32,33). The maximum atomic E-state index is 12.9. The summed E-state index contributed by atoms with van der Waals surface area (Å²) in [6, 6.07) is 5.55. The van der Waals surface area contributed by atoms with Gasteiger partial charge in [0.15, 0.2) is 0 Å². The van der Waals surface area contributed by atoms with Crippen LogP contribution in [0.3, 0.4) is 0 Å². The molecule has 10 nitrogen and oxygen atoms in total. The number of hydrogen-bond acceptors (Lipinski definition) is 6. The number of aromatic amines is 1. The van der Waals surface area contributed by atoms with Gasteiger partial charge in [-0.3, -0.25) is 9.69 Å². The van der Waals surface area contributed by atoms with E-state index >= 15 is 0 Å². The van der Waals surface area contributed by atoms with E-state index in [1.165, 1.54) is 18.7 Å². The molecule has 0 radical (unpaired) electrons. The van der Waals surface area contributed by atoms with Crippen LogP contribution in [0.1, 0.15) is 36.6 Å². The van der Waals surface area contributed by atoms with Crippen molar-refractivity contribution in [2.24, 2.45) is 0 Å². The van der Waals surface area contributed by atoms with Crippen molar-refractivity contribution in [2.75, 3.05) is 33.4 Å². The lowest BCUT2D eigenvalue weighted by molar-refractivity contribution is -0.148. The molecule has 1 unspecified atom stereocenters. The van der Waals surface area contributed by atoms with Gasteiger partial charge in [0, 0.05) is 37.6 Å². The Morgan fingerprint density at radius 1 is 1.22 bits per heavy atom. The summed E-state index contributed by atoms with van der Waals surface area (Å²) in [5.41, 5.74) is 3.75. The zero-order valence-electron chi connectivity index (χ0n) is 20.6. The molecule has 0 saturated carbocycles. The van der Waals surface area contributed by atoms with Crippen LogP contribution in [0.15, 0.2) is 30.6 Å². The SMILES string of the molecule is COc1c[nH]c2ncc(-c3cc4c(c(C5COCCN5C(=O)O)c3)CN(C(=O)C(C)(C)O)CC4)cc12. The van der Waals surface area contributed by atoms with Crippen molar-refractivity contribution in [2.45, 2.75) is 38.5 Å². The van der Waals surface area contributed by atoms with E-state index in [2.05, 4.69) is 16.0 Å². The van der Waals surface area contributed by atoms with Gasteiger partial charge >= 0.3 is 6.09 Å². The number of hydrogen-bond donors (Lipinski definition) is 3. The number of pyridine rings is 1. The van der Waals surface area contributed by atoms with Crippen LogP contribution in [-0.4, -0.2) is 81.0 Å². The summed E-state index contributed by atoms with van der Waals surface area (Å²) < 4.78 is 11.2. The summed E-state index contributed by atoms with van der Waals surface area (Å²) in [6.07, 6.45) is 3.12. The Balaban J connectivity index is 1.63. The van der Waals surface area contributed by atoms with Gasteiger partial charge in [0.2, 0.25) is 0 Å². The zero-order chi connectivity index (χ0) is 25.6. The molecule has 2 amide bonds. The molecule has 2 aliphatic rings. The minimum Gasteiger partial charge on any atom is -0.494 e. The van der Waals surface area contributed by atoms with E-state index in [0.29, 0.717) is 37.5 Å². The summed E-state index contributed by atoms with van der Waals surface area (Å²) in [6.45, 7) is 4.54. The van der Waals surface area contributed by atoms with Crippen LogP contribution in [0.5, 0.6) is 5.75 Å². The number of aliphatic hydroxyl groups is 1. The first-order valence-corrected chi connectivity index (χ1v) is 11.9. The molecule has 5 rings (SSSR count). The van der Waals surface area contributed by atoms with Gasteiger partial charge in [0.25, 0.3) is 5.91 Å². The molecular weight excluding hydrogens is 464 g/mol. The quantitative estimate of drug-likeness (QED) is 0.509. The number of nitrogens with zero attached hydrogens (tertiary/aromatic N) is 3. The fraction of sp³-hybridized carbons (Fsp3) is 0.423. The molecular formula is C26H30N4O6. The first-order chi connectivity index (χ1) is 17.2. The number of nitrogens with one attached hydrogen (secondary N) is 1. The number of carbonyl (C=O) groups is 2. The molecule has 3 N–H and O–H groups in total. The van der Waals surface area contributed by atoms with Gasteiger partial charge in [-0.2, -0.15) is 0 Å². The third-order valence-corrected chi connectivity index (χ3v) is 6.97. The van der Waals surface area contributed by atoms with Gasteiger partial charge in [-0.25, -0.2) is 9.78 Å². The molecule has 190 valence electrons. The molecule has 0 spiro atoms. The van der Waals surface area contributed by atoms with Crippen molar-refractivity contribution in [3.63, 3.8) is 0 Å². The van der Waals surface area contributed by atoms with Gasteiger partial charge < -0.3 is 29.6 Å². The Hall–Kier alpha value is -3.63. The molecule has 3 aromatic rings. The summed E-state index contributed by atoms with van der Waals surface area (Å²) in [7, 11) is 1.61. The number of H-pyrrole nitrogens is 1. The van der Waals surface area contributed by atoms with Crippen LogP contribution in [0, 0.1) is 0 Å².